The molecule has 2 aromatic heterocycles. The summed E-state index contributed by atoms with van der Waals surface area (Å²) in [4.78, 5) is 10.6. The van der Waals surface area contributed by atoms with E-state index in [0.717, 1.165) is 40.0 Å². The molecular weight excluding hydrogens is 264 g/mol. The van der Waals surface area contributed by atoms with E-state index in [1.807, 2.05) is 43.8 Å². The number of hydrogen-bond donors (Lipinski definition) is 0. The van der Waals surface area contributed by atoms with Crippen LogP contribution in [0.1, 0.15) is 17.0 Å². The molecule has 0 spiro atoms. The summed E-state index contributed by atoms with van der Waals surface area (Å²) in [5.41, 5.74) is 3.76. The van der Waals surface area contributed by atoms with Gasteiger partial charge >= 0.3 is 0 Å². The Balaban J connectivity index is 2.33. The molecule has 0 saturated heterocycles. The summed E-state index contributed by atoms with van der Waals surface area (Å²) in [5.74, 6) is 0.856. The van der Waals surface area contributed by atoms with Crippen molar-refractivity contribution < 1.29 is 4.79 Å². The molecule has 0 fully saturated rings. The minimum atomic E-state index is 0.767. The normalized spacial score (nSPS) is 11.6. The van der Waals surface area contributed by atoms with Gasteiger partial charge in [0.2, 0.25) is 0 Å². The Kier molecular flexibility index (Phi) is 3.17. The fourth-order valence-corrected chi connectivity index (χ4v) is 2.63. The van der Waals surface area contributed by atoms with Crippen LogP contribution in [0.3, 0.4) is 0 Å². The van der Waals surface area contributed by atoms with Crippen LogP contribution in [-0.4, -0.2) is 25.8 Å². The number of benzene rings is 1. The predicted octanol–water partition coefficient (Wildman–Crippen LogP) is 2.59. The molecule has 21 heavy (non-hydrogen) atoms. The summed E-state index contributed by atoms with van der Waals surface area (Å²) in [6, 6.07) is 8.08. The molecule has 0 amide bonds. The SMILES string of the molecule is Cc1nn(C)c(-n2nc(C)c3ccccc32)c1/C=C/C=O. The maximum atomic E-state index is 10.6. The molecule has 5 nitrogen and oxygen atoms in total. The molecular formula is C16H16N4O. The molecule has 2 heterocycles. The molecule has 0 aliphatic rings. The predicted molar refractivity (Wildman–Crippen MR) is 82.4 cm³/mol. The topological polar surface area (TPSA) is 52.7 Å². The number of carbonyl (C=O) groups excluding carboxylic acids is 1. The van der Waals surface area contributed by atoms with Crippen molar-refractivity contribution in [3.8, 4) is 5.82 Å². The van der Waals surface area contributed by atoms with Gasteiger partial charge in [-0.05, 0) is 32.1 Å². The lowest BCUT2D eigenvalue weighted by atomic mass is 10.2. The number of hydrogen-bond acceptors (Lipinski definition) is 3. The smallest absolute Gasteiger partial charge is 0.159 e. The third kappa shape index (κ3) is 2.07. The lowest BCUT2D eigenvalue weighted by Crippen LogP contribution is -2.05. The lowest BCUT2D eigenvalue weighted by Gasteiger charge is -2.05. The van der Waals surface area contributed by atoms with E-state index in [-0.39, 0.29) is 0 Å². The van der Waals surface area contributed by atoms with Crippen LogP contribution in [-0.2, 0) is 11.8 Å². The third-order valence-electron chi connectivity index (χ3n) is 3.55. The summed E-state index contributed by atoms with van der Waals surface area (Å²) >= 11 is 0. The van der Waals surface area contributed by atoms with Crippen LogP contribution in [0.2, 0.25) is 0 Å². The molecule has 5 heteroatoms. The number of allylic oxidation sites excluding steroid dienone is 1. The van der Waals surface area contributed by atoms with Crippen molar-refractivity contribution >= 4 is 23.3 Å². The first-order valence-corrected chi connectivity index (χ1v) is 6.73. The Morgan fingerprint density at radius 3 is 2.62 bits per heavy atom. The van der Waals surface area contributed by atoms with E-state index in [1.165, 1.54) is 6.08 Å². The highest BCUT2D eigenvalue weighted by molar-refractivity contribution is 5.84. The first kappa shape index (κ1) is 13.3. The number of aromatic nitrogens is 4. The van der Waals surface area contributed by atoms with Crippen molar-refractivity contribution in [3.05, 3.63) is 47.3 Å². The van der Waals surface area contributed by atoms with Crippen LogP contribution in [0.15, 0.2) is 30.3 Å². The van der Waals surface area contributed by atoms with E-state index in [0.29, 0.717) is 0 Å². The number of aldehydes is 1. The molecule has 0 unspecified atom stereocenters. The van der Waals surface area contributed by atoms with E-state index >= 15 is 0 Å². The molecule has 0 bridgehead atoms. The standard InChI is InChI=1S/C16H16N4O/c1-11-13-7-4-5-9-15(13)20(18-11)16-14(8-6-10-21)12(2)17-19(16)3/h4-10H,1-3H3/b8-6+. The molecule has 0 aliphatic heterocycles. The average Bonchev–Trinajstić information content (AvgIpc) is 2.94. The van der Waals surface area contributed by atoms with Crippen LogP contribution in [0.25, 0.3) is 22.8 Å². The minimum Gasteiger partial charge on any atom is -0.299 e. The molecule has 0 N–H and O–H groups in total. The maximum Gasteiger partial charge on any atom is 0.159 e. The van der Waals surface area contributed by atoms with Crippen LogP contribution in [0.5, 0.6) is 0 Å². The zero-order chi connectivity index (χ0) is 15.0. The first-order chi connectivity index (χ1) is 10.1. The summed E-state index contributed by atoms with van der Waals surface area (Å²) in [6.45, 7) is 3.91. The molecule has 0 aliphatic carbocycles. The van der Waals surface area contributed by atoms with Crippen molar-refractivity contribution in [2.75, 3.05) is 0 Å². The first-order valence-electron chi connectivity index (χ1n) is 6.73. The van der Waals surface area contributed by atoms with Gasteiger partial charge in [0, 0.05) is 18.0 Å². The Bertz CT molecular complexity index is 855. The summed E-state index contributed by atoms with van der Waals surface area (Å²) in [7, 11) is 1.88. The summed E-state index contributed by atoms with van der Waals surface area (Å²) in [5, 5.41) is 10.2. The number of rotatable bonds is 3. The van der Waals surface area contributed by atoms with E-state index in [1.54, 1.807) is 10.8 Å². The zero-order valence-corrected chi connectivity index (χ0v) is 12.2. The Labute approximate surface area is 122 Å². The van der Waals surface area contributed by atoms with Gasteiger partial charge in [0.05, 0.1) is 16.9 Å². The van der Waals surface area contributed by atoms with Gasteiger partial charge in [0.15, 0.2) is 5.82 Å². The fraction of sp³-hybridized carbons (Fsp3) is 0.188. The van der Waals surface area contributed by atoms with Gasteiger partial charge in [-0.15, -0.1) is 0 Å². The van der Waals surface area contributed by atoms with E-state index in [2.05, 4.69) is 16.3 Å². The van der Waals surface area contributed by atoms with Crippen LogP contribution < -0.4 is 0 Å². The van der Waals surface area contributed by atoms with Crippen molar-refractivity contribution in [2.45, 2.75) is 13.8 Å². The molecule has 0 saturated carbocycles. The average molecular weight is 280 g/mol. The maximum absolute atomic E-state index is 10.6. The summed E-state index contributed by atoms with van der Waals surface area (Å²) < 4.78 is 3.67. The number of nitrogens with zero attached hydrogens (tertiary/aromatic N) is 4. The van der Waals surface area contributed by atoms with Crippen LogP contribution in [0, 0.1) is 13.8 Å². The Morgan fingerprint density at radius 1 is 1.10 bits per heavy atom. The number of fused-ring (bicyclic) bond motifs is 1. The van der Waals surface area contributed by atoms with Gasteiger partial charge < -0.3 is 0 Å². The molecule has 3 rings (SSSR count). The highest BCUT2D eigenvalue weighted by Crippen LogP contribution is 2.25. The number of carbonyl (C=O) groups is 1. The monoisotopic (exact) mass is 280 g/mol. The largest absolute Gasteiger partial charge is 0.299 e. The van der Waals surface area contributed by atoms with E-state index in [4.69, 9.17) is 0 Å². The Hall–Kier alpha value is -2.69. The second kappa shape index (κ2) is 5.01. The van der Waals surface area contributed by atoms with Crippen LogP contribution >= 0.6 is 0 Å². The number of para-hydroxylation sites is 1. The lowest BCUT2D eigenvalue weighted by molar-refractivity contribution is -0.104. The number of aryl methyl sites for hydroxylation is 3. The summed E-state index contributed by atoms with van der Waals surface area (Å²) in [6.07, 6.45) is 4.02. The molecule has 0 atom stereocenters. The fourth-order valence-electron chi connectivity index (χ4n) is 2.63. The van der Waals surface area contributed by atoms with Gasteiger partial charge in [-0.3, -0.25) is 9.48 Å². The van der Waals surface area contributed by atoms with Crippen molar-refractivity contribution in [1.29, 1.82) is 0 Å². The van der Waals surface area contributed by atoms with Gasteiger partial charge in [-0.2, -0.15) is 10.2 Å². The minimum absolute atomic E-state index is 0.767. The van der Waals surface area contributed by atoms with Gasteiger partial charge in [0.1, 0.15) is 6.29 Å². The van der Waals surface area contributed by atoms with Gasteiger partial charge in [-0.25, -0.2) is 4.68 Å². The van der Waals surface area contributed by atoms with E-state index in [9.17, 15) is 4.79 Å². The van der Waals surface area contributed by atoms with E-state index < -0.39 is 0 Å². The van der Waals surface area contributed by atoms with Crippen molar-refractivity contribution in [1.82, 2.24) is 19.6 Å². The second-order valence-corrected chi connectivity index (χ2v) is 4.96. The zero-order valence-electron chi connectivity index (χ0n) is 12.2. The van der Waals surface area contributed by atoms with Gasteiger partial charge in [-0.1, -0.05) is 18.2 Å². The molecule has 106 valence electrons. The molecule has 3 aromatic rings. The highest BCUT2D eigenvalue weighted by atomic mass is 16.1. The van der Waals surface area contributed by atoms with Crippen molar-refractivity contribution in [2.24, 2.45) is 7.05 Å². The highest BCUT2D eigenvalue weighted by Gasteiger charge is 2.17. The third-order valence-corrected chi connectivity index (χ3v) is 3.55. The van der Waals surface area contributed by atoms with Crippen LogP contribution in [0.4, 0.5) is 0 Å². The van der Waals surface area contributed by atoms with Gasteiger partial charge in [0.25, 0.3) is 0 Å². The van der Waals surface area contributed by atoms with Crippen molar-refractivity contribution in [3.63, 3.8) is 0 Å². The molecule has 1 aromatic carbocycles. The quantitative estimate of drug-likeness (QED) is 0.547. The Morgan fingerprint density at radius 2 is 1.86 bits per heavy atom. The molecule has 0 radical (unpaired) electrons. The second-order valence-electron chi connectivity index (χ2n) is 4.96.